The maximum atomic E-state index is 12.3. The first-order valence-electron chi connectivity index (χ1n) is 6.15. The van der Waals surface area contributed by atoms with Crippen LogP contribution in [0.5, 0.6) is 0 Å². The highest BCUT2D eigenvalue weighted by Crippen LogP contribution is 2.21. The first kappa shape index (κ1) is 18.2. The van der Waals surface area contributed by atoms with Crippen LogP contribution in [0.15, 0.2) is 0 Å². The topological polar surface area (TPSA) is 52.6 Å². The highest BCUT2D eigenvalue weighted by molar-refractivity contribution is 5.78. The summed E-state index contributed by atoms with van der Waals surface area (Å²) in [4.78, 5) is 12.4. The Hall–Kier alpha value is -0.820. The molecule has 0 aliphatic heterocycles. The second kappa shape index (κ2) is 6.56. The molecule has 0 bridgehead atoms. The van der Waals surface area contributed by atoms with Crippen LogP contribution in [0.25, 0.3) is 0 Å². The van der Waals surface area contributed by atoms with E-state index in [1.807, 2.05) is 0 Å². The van der Waals surface area contributed by atoms with Crippen molar-refractivity contribution in [3.05, 3.63) is 0 Å². The van der Waals surface area contributed by atoms with Crippen molar-refractivity contribution >= 4 is 5.97 Å². The highest BCUT2D eigenvalue weighted by Gasteiger charge is 2.38. The van der Waals surface area contributed by atoms with Crippen LogP contribution in [0, 0.1) is 0 Å². The molecule has 114 valence electrons. The van der Waals surface area contributed by atoms with E-state index in [0.29, 0.717) is 0 Å². The van der Waals surface area contributed by atoms with E-state index in [0.717, 1.165) is 4.90 Å². The minimum atomic E-state index is -4.28. The van der Waals surface area contributed by atoms with Crippen molar-refractivity contribution in [1.82, 2.24) is 10.2 Å². The quantitative estimate of drug-likeness (QED) is 0.752. The van der Waals surface area contributed by atoms with E-state index in [9.17, 15) is 23.1 Å². The largest absolute Gasteiger partial charge is 0.480 e. The zero-order chi connectivity index (χ0) is 15.4. The number of carboxylic acid groups (broad SMARTS) is 1. The van der Waals surface area contributed by atoms with Crippen molar-refractivity contribution in [2.45, 2.75) is 57.9 Å². The van der Waals surface area contributed by atoms with Crippen LogP contribution in [-0.2, 0) is 4.79 Å². The summed E-state index contributed by atoms with van der Waals surface area (Å²) in [7, 11) is 1.34. The molecule has 0 aliphatic carbocycles. The van der Waals surface area contributed by atoms with Gasteiger partial charge in [0.05, 0.1) is 6.54 Å². The molecule has 0 rings (SSSR count). The highest BCUT2D eigenvalue weighted by atomic mass is 19.4. The lowest BCUT2D eigenvalue weighted by molar-refractivity contribution is -0.150. The second-order valence-electron chi connectivity index (χ2n) is 5.52. The summed E-state index contributed by atoms with van der Waals surface area (Å²) in [6.45, 7) is 5.63. The fraction of sp³-hybridized carbons (Fsp3) is 0.917. The predicted octanol–water partition coefficient (Wildman–Crippen LogP) is 2.10. The van der Waals surface area contributed by atoms with E-state index in [-0.39, 0.29) is 12.5 Å². The third-order valence-electron chi connectivity index (χ3n) is 2.96. The van der Waals surface area contributed by atoms with Gasteiger partial charge in [-0.05, 0) is 41.2 Å². The maximum Gasteiger partial charge on any atom is 0.401 e. The fourth-order valence-electron chi connectivity index (χ4n) is 2.03. The van der Waals surface area contributed by atoms with Gasteiger partial charge in [-0.3, -0.25) is 15.0 Å². The summed E-state index contributed by atoms with van der Waals surface area (Å²) in [6, 6.07) is -0.574. The summed E-state index contributed by atoms with van der Waals surface area (Å²) in [5, 5.41) is 12.1. The van der Waals surface area contributed by atoms with E-state index < -0.39 is 30.3 Å². The Bertz CT molecular complexity index is 308. The molecule has 0 spiro atoms. The normalized spacial score (nSPS) is 17.6. The molecule has 0 radical (unpaired) electrons. The molecule has 2 unspecified atom stereocenters. The molecule has 0 aliphatic rings. The van der Waals surface area contributed by atoms with Crippen LogP contribution in [0.2, 0.25) is 0 Å². The van der Waals surface area contributed by atoms with Crippen molar-refractivity contribution in [1.29, 1.82) is 0 Å². The van der Waals surface area contributed by atoms with Gasteiger partial charge in [0.1, 0.15) is 5.54 Å². The van der Waals surface area contributed by atoms with Gasteiger partial charge < -0.3 is 5.11 Å². The summed E-state index contributed by atoms with van der Waals surface area (Å²) in [5.74, 6) is -1.06. The molecule has 4 nitrogen and oxygen atoms in total. The Balaban J connectivity index is 4.72. The van der Waals surface area contributed by atoms with Gasteiger partial charge in [0.25, 0.3) is 0 Å². The molecule has 0 amide bonds. The van der Waals surface area contributed by atoms with Crippen molar-refractivity contribution in [3.8, 4) is 0 Å². The number of aliphatic carboxylic acids is 1. The smallest absolute Gasteiger partial charge is 0.401 e. The Morgan fingerprint density at radius 2 is 1.79 bits per heavy atom. The van der Waals surface area contributed by atoms with E-state index in [1.165, 1.54) is 14.0 Å². The van der Waals surface area contributed by atoms with E-state index >= 15 is 0 Å². The molecule has 0 saturated heterocycles. The lowest BCUT2D eigenvalue weighted by Crippen LogP contribution is -2.55. The predicted molar refractivity (Wildman–Crippen MR) is 67.1 cm³/mol. The number of carboxylic acids is 1. The minimum absolute atomic E-state index is 0.0683. The van der Waals surface area contributed by atoms with Crippen LogP contribution in [0.4, 0.5) is 13.2 Å². The molecule has 7 heteroatoms. The Kier molecular flexibility index (Phi) is 6.28. The molecule has 0 fully saturated rings. The second-order valence-corrected chi connectivity index (χ2v) is 5.52. The monoisotopic (exact) mass is 284 g/mol. The molecule has 2 N–H and O–H groups in total. The molecule has 0 heterocycles. The lowest BCUT2D eigenvalue weighted by Gasteiger charge is -2.35. The number of nitrogens with one attached hydrogen (secondary N) is 1. The van der Waals surface area contributed by atoms with Crippen LogP contribution in [0.3, 0.4) is 0 Å². The molecule has 0 aromatic carbocycles. The minimum Gasteiger partial charge on any atom is -0.480 e. The summed E-state index contributed by atoms with van der Waals surface area (Å²) >= 11 is 0. The SMILES string of the molecule is CC(C)NC(C)(CC(C)N(C)CC(F)(F)F)C(=O)O. The van der Waals surface area contributed by atoms with Gasteiger partial charge in [-0.2, -0.15) is 13.2 Å². The Morgan fingerprint density at radius 3 is 2.11 bits per heavy atom. The third-order valence-corrected chi connectivity index (χ3v) is 2.96. The number of hydrogen-bond donors (Lipinski definition) is 2. The fourth-order valence-corrected chi connectivity index (χ4v) is 2.03. The first-order chi connectivity index (χ1) is 8.37. The molecular weight excluding hydrogens is 261 g/mol. The molecule has 0 saturated carbocycles. The summed E-state index contributed by atoms with van der Waals surface area (Å²) in [5.41, 5.74) is -1.24. The van der Waals surface area contributed by atoms with Crippen molar-refractivity contribution < 1.29 is 23.1 Å². The zero-order valence-electron chi connectivity index (χ0n) is 12.0. The van der Waals surface area contributed by atoms with Crippen LogP contribution in [0.1, 0.15) is 34.1 Å². The number of alkyl halides is 3. The van der Waals surface area contributed by atoms with Crippen LogP contribution < -0.4 is 5.32 Å². The number of rotatable bonds is 7. The molecule has 0 aromatic rings. The maximum absolute atomic E-state index is 12.3. The van der Waals surface area contributed by atoms with Gasteiger partial charge in [0.2, 0.25) is 0 Å². The lowest BCUT2D eigenvalue weighted by atomic mass is 9.92. The number of carbonyl (C=O) groups is 1. The molecule has 2 atom stereocenters. The van der Waals surface area contributed by atoms with E-state index in [4.69, 9.17) is 0 Å². The van der Waals surface area contributed by atoms with Gasteiger partial charge in [-0.25, -0.2) is 0 Å². The summed E-state index contributed by atoms with van der Waals surface area (Å²) < 4.78 is 36.9. The van der Waals surface area contributed by atoms with Crippen molar-refractivity contribution in [2.75, 3.05) is 13.6 Å². The van der Waals surface area contributed by atoms with E-state index in [1.54, 1.807) is 20.8 Å². The molecular formula is C12H23F3N2O2. The molecule has 0 aromatic heterocycles. The average Bonchev–Trinajstić information content (AvgIpc) is 2.12. The zero-order valence-corrected chi connectivity index (χ0v) is 12.0. The Morgan fingerprint density at radius 1 is 1.32 bits per heavy atom. The number of nitrogens with zero attached hydrogens (tertiary/aromatic N) is 1. The summed E-state index contributed by atoms with van der Waals surface area (Å²) in [6.07, 6.45) is -4.19. The van der Waals surface area contributed by atoms with Gasteiger partial charge in [0.15, 0.2) is 0 Å². The van der Waals surface area contributed by atoms with Gasteiger partial charge in [-0.15, -0.1) is 0 Å². The van der Waals surface area contributed by atoms with Crippen LogP contribution in [-0.4, -0.2) is 53.4 Å². The van der Waals surface area contributed by atoms with Crippen LogP contribution >= 0.6 is 0 Å². The van der Waals surface area contributed by atoms with Crippen molar-refractivity contribution in [3.63, 3.8) is 0 Å². The van der Waals surface area contributed by atoms with E-state index in [2.05, 4.69) is 5.32 Å². The third kappa shape index (κ3) is 6.77. The van der Waals surface area contributed by atoms with Crippen molar-refractivity contribution in [2.24, 2.45) is 0 Å². The standard InChI is InChI=1S/C12H23F3N2O2/c1-8(2)16-11(4,10(18)19)6-9(3)17(5)7-12(13,14)15/h8-9,16H,6-7H2,1-5H3,(H,18,19). The average molecular weight is 284 g/mol. The van der Waals surface area contributed by atoms with Gasteiger partial charge in [0, 0.05) is 12.1 Å². The van der Waals surface area contributed by atoms with Gasteiger partial charge in [-0.1, -0.05) is 0 Å². The molecule has 19 heavy (non-hydrogen) atoms. The van der Waals surface area contributed by atoms with Gasteiger partial charge >= 0.3 is 12.1 Å². The first-order valence-corrected chi connectivity index (χ1v) is 6.15. The number of halogens is 3. The number of hydrogen-bond acceptors (Lipinski definition) is 3. The Labute approximate surface area is 112 Å².